The number of ketones is 1. The van der Waals surface area contributed by atoms with Crippen LogP contribution in [0, 0.1) is 5.92 Å². The van der Waals surface area contributed by atoms with Crippen LogP contribution in [0.4, 0.5) is 0 Å². The molecule has 404 valence electrons. The molecule has 0 saturated carbocycles. The molecule has 0 spiro atoms. The fourth-order valence-electron chi connectivity index (χ4n) is 6.52. The van der Waals surface area contributed by atoms with Crippen molar-refractivity contribution in [1.29, 1.82) is 0 Å². The summed E-state index contributed by atoms with van der Waals surface area (Å²) in [7, 11) is 0. The molecule has 3 N–H and O–H groups in total. The Morgan fingerprint density at radius 3 is 1.04 bits per heavy atom. The van der Waals surface area contributed by atoms with Gasteiger partial charge in [0.1, 0.15) is 5.78 Å². The first-order valence-corrected chi connectivity index (χ1v) is 25.5. The number of unbranched alkanes of at least 4 members (excludes halogenated alkanes) is 13. The summed E-state index contributed by atoms with van der Waals surface area (Å²) in [6.07, 6.45) is 16.2. The first-order valence-electron chi connectivity index (χ1n) is 25.5. The van der Waals surface area contributed by atoms with Crippen LogP contribution in [0.1, 0.15) is 122 Å². The van der Waals surface area contributed by atoms with Crippen molar-refractivity contribution in [2.75, 3.05) is 158 Å². The number of carboxylic acid groups (broad SMARTS) is 2. The number of hydrogen-bond donors (Lipinski definition) is 3. The van der Waals surface area contributed by atoms with Crippen LogP contribution >= 0.6 is 0 Å². The van der Waals surface area contributed by atoms with E-state index >= 15 is 0 Å². The van der Waals surface area contributed by atoms with Crippen molar-refractivity contribution >= 4 is 23.6 Å². The van der Waals surface area contributed by atoms with E-state index in [-0.39, 0.29) is 37.4 Å². The molecule has 0 fully saturated rings. The van der Waals surface area contributed by atoms with Gasteiger partial charge in [0, 0.05) is 43.7 Å². The molecule has 1 amide bonds. The highest BCUT2D eigenvalue weighted by molar-refractivity contribution is 5.84. The molecule has 0 unspecified atom stereocenters. The van der Waals surface area contributed by atoms with Gasteiger partial charge in [0.05, 0.1) is 151 Å². The van der Waals surface area contributed by atoms with Crippen LogP contribution in [-0.4, -0.2) is 192 Å². The van der Waals surface area contributed by atoms with Gasteiger partial charge in [-0.25, -0.2) is 0 Å². The minimum atomic E-state index is -1.05. The van der Waals surface area contributed by atoms with Crippen molar-refractivity contribution in [1.82, 2.24) is 5.32 Å². The third-order valence-electron chi connectivity index (χ3n) is 10.3. The summed E-state index contributed by atoms with van der Waals surface area (Å²) < 4.78 is 59.9. The predicted molar refractivity (Wildman–Crippen MR) is 258 cm³/mol. The van der Waals surface area contributed by atoms with Gasteiger partial charge >= 0.3 is 11.9 Å². The Kier molecular flexibility index (Phi) is 53.4. The van der Waals surface area contributed by atoms with Crippen LogP contribution in [0.25, 0.3) is 10.4 Å². The van der Waals surface area contributed by atoms with Crippen LogP contribution in [0.3, 0.4) is 0 Å². The number of Topliss-reactive ketones (excluding diaryl/α,β-unsaturated/α-hetero) is 1. The highest BCUT2D eigenvalue weighted by Crippen LogP contribution is 2.17. The Bertz CT molecular complexity index is 1220. The lowest BCUT2D eigenvalue weighted by Crippen LogP contribution is -2.29. The van der Waals surface area contributed by atoms with E-state index < -0.39 is 17.9 Å². The average Bonchev–Trinajstić information content (AvgIpc) is 3.33. The molecule has 21 nitrogen and oxygen atoms in total. The van der Waals surface area contributed by atoms with E-state index in [1.54, 1.807) is 0 Å². The lowest BCUT2D eigenvalue weighted by Gasteiger charge is -2.12. The van der Waals surface area contributed by atoms with Crippen LogP contribution in [0.15, 0.2) is 5.11 Å². The van der Waals surface area contributed by atoms with Gasteiger partial charge in [-0.05, 0) is 24.8 Å². The van der Waals surface area contributed by atoms with Crippen molar-refractivity contribution in [2.24, 2.45) is 11.0 Å². The van der Waals surface area contributed by atoms with E-state index in [2.05, 4.69) is 15.3 Å². The number of carbonyl (C=O) groups excluding carboxylic acids is 2. The number of aliphatic carboxylic acids is 2. The summed E-state index contributed by atoms with van der Waals surface area (Å²) in [6, 6.07) is 0. The second-order valence-electron chi connectivity index (χ2n) is 16.2. The van der Waals surface area contributed by atoms with Gasteiger partial charge in [0.2, 0.25) is 5.91 Å². The number of carbonyl (C=O) groups is 4. The van der Waals surface area contributed by atoms with Crippen LogP contribution in [0.2, 0.25) is 0 Å². The number of hydrogen-bond acceptors (Lipinski definition) is 16. The maximum atomic E-state index is 12.5. The number of carboxylic acids is 2. The van der Waals surface area contributed by atoms with Crippen LogP contribution in [-0.2, 0) is 71.3 Å². The van der Waals surface area contributed by atoms with Crippen molar-refractivity contribution in [2.45, 2.75) is 122 Å². The Morgan fingerprint density at radius 1 is 0.420 bits per heavy atom. The molecular weight excluding hydrogens is 905 g/mol. The summed E-state index contributed by atoms with van der Waals surface area (Å²) >= 11 is 0. The standard InChI is InChI=1S/C48H90N4O17/c49-52-51-20-22-60-24-26-62-28-30-64-32-34-66-36-38-68-40-42-69-41-39-67-37-35-65-33-31-63-29-27-61-25-23-59-21-19-50-46(54)18-17-44(48(57)58)43-45(53)15-13-11-9-7-5-3-1-2-4-6-8-10-12-14-16-47(55)56/h44H,1-43H2,(H,50,54)(H,55,56)(H,57,58)/t44-/m1/s1. The molecule has 0 aliphatic heterocycles. The van der Waals surface area contributed by atoms with Crippen LogP contribution < -0.4 is 5.32 Å². The Hall–Kier alpha value is -3.05. The molecule has 0 heterocycles. The van der Waals surface area contributed by atoms with Gasteiger partial charge in [-0.1, -0.05) is 82.2 Å². The SMILES string of the molecule is [N-]=[N+]=NCCOCCOCCOCCOCCOCCOCCOCCOCCOCCOCCOCCNC(=O)CC[C@H](CC(=O)CCCCCCCCCCCCCCCCC(=O)O)C(=O)O. The molecule has 0 aromatic carbocycles. The molecule has 0 aromatic rings. The number of nitrogens with zero attached hydrogens (tertiary/aromatic N) is 3. The maximum absolute atomic E-state index is 12.5. The number of amides is 1. The quantitative estimate of drug-likeness (QED) is 0.0259. The van der Waals surface area contributed by atoms with Crippen molar-refractivity contribution in [3.8, 4) is 0 Å². The molecular formula is C48H90N4O17. The van der Waals surface area contributed by atoms with Crippen molar-refractivity contribution < 1.29 is 81.5 Å². The summed E-state index contributed by atoms with van der Waals surface area (Å²) in [6.45, 7) is 10.2. The maximum Gasteiger partial charge on any atom is 0.306 e. The van der Waals surface area contributed by atoms with Gasteiger partial charge in [-0.3, -0.25) is 19.2 Å². The van der Waals surface area contributed by atoms with Gasteiger partial charge < -0.3 is 67.6 Å². The molecule has 0 rings (SSSR count). The van der Waals surface area contributed by atoms with Crippen molar-refractivity contribution in [3.05, 3.63) is 10.4 Å². The van der Waals surface area contributed by atoms with E-state index in [4.69, 9.17) is 62.7 Å². The third kappa shape index (κ3) is 55.7. The fourth-order valence-corrected chi connectivity index (χ4v) is 6.52. The van der Waals surface area contributed by atoms with Gasteiger partial charge in [0.15, 0.2) is 0 Å². The smallest absolute Gasteiger partial charge is 0.306 e. The molecule has 0 aromatic heterocycles. The molecule has 21 heteroatoms. The summed E-state index contributed by atoms with van der Waals surface area (Å²) in [5.74, 6) is -2.95. The minimum Gasteiger partial charge on any atom is -0.481 e. The third-order valence-corrected chi connectivity index (χ3v) is 10.3. The highest BCUT2D eigenvalue weighted by Gasteiger charge is 2.22. The molecule has 0 radical (unpaired) electrons. The van der Waals surface area contributed by atoms with E-state index in [9.17, 15) is 24.3 Å². The number of rotatable bonds is 59. The molecule has 0 aliphatic carbocycles. The zero-order chi connectivity index (χ0) is 50.2. The molecule has 69 heavy (non-hydrogen) atoms. The van der Waals surface area contributed by atoms with Crippen molar-refractivity contribution in [3.63, 3.8) is 0 Å². The summed E-state index contributed by atoms with van der Waals surface area (Å²) in [5.41, 5.74) is 8.16. The fraction of sp³-hybridized carbons (Fsp3) is 0.917. The summed E-state index contributed by atoms with van der Waals surface area (Å²) in [5, 5.41) is 24.4. The second-order valence-corrected chi connectivity index (χ2v) is 16.2. The van der Waals surface area contributed by atoms with Gasteiger partial charge in [-0.15, -0.1) is 0 Å². The highest BCUT2D eigenvalue weighted by atomic mass is 16.6. The van der Waals surface area contributed by atoms with E-state index in [0.717, 1.165) is 44.9 Å². The van der Waals surface area contributed by atoms with Gasteiger partial charge in [0.25, 0.3) is 0 Å². The normalized spacial score (nSPS) is 11.7. The Labute approximate surface area is 411 Å². The Morgan fingerprint density at radius 2 is 0.725 bits per heavy atom. The molecule has 0 saturated heterocycles. The number of nitrogens with one attached hydrogen (secondary N) is 1. The second kappa shape index (κ2) is 55.9. The Balaban J connectivity index is 3.40. The first kappa shape index (κ1) is 66.0. The minimum absolute atomic E-state index is 0.0354. The lowest BCUT2D eigenvalue weighted by atomic mass is 9.94. The lowest BCUT2D eigenvalue weighted by molar-refractivity contribution is -0.144. The topological polar surface area (TPSA) is 271 Å². The average molecular weight is 995 g/mol. The summed E-state index contributed by atoms with van der Waals surface area (Å²) in [4.78, 5) is 49.6. The number of ether oxygens (including phenoxy) is 11. The number of azide groups is 1. The zero-order valence-electron chi connectivity index (χ0n) is 41.8. The van der Waals surface area contributed by atoms with E-state index in [1.165, 1.54) is 44.9 Å². The van der Waals surface area contributed by atoms with Crippen LogP contribution in [0.5, 0.6) is 0 Å². The monoisotopic (exact) mass is 995 g/mol. The molecule has 0 aliphatic rings. The molecule has 1 atom stereocenters. The largest absolute Gasteiger partial charge is 0.481 e. The van der Waals surface area contributed by atoms with E-state index in [1.807, 2.05) is 0 Å². The zero-order valence-corrected chi connectivity index (χ0v) is 41.8. The van der Waals surface area contributed by atoms with Gasteiger partial charge in [-0.2, -0.15) is 0 Å². The first-order chi connectivity index (χ1) is 33.9. The predicted octanol–water partition coefficient (Wildman–Crippen LogP) is 6.36. The van der Waals surface area contributed by atoms with E-state index in [0.29, 0.717) is 165 Å². The molecule has 0 bridgehead atoms.